The van der Waals surface area contributed by atoms with Gasteiger partial charge in [0.1, 0.15) is 11.9 Å². The van der Waals surface area contributed by atoms with Gasteiger partial charge in [0.2, 0.25) is 11.8 Å². The Bertz CT molecular complexity index is 1100. The first-order valence-corrected chi connectivity index (χ1v) is 11.8. The molecule has 0 saturated heterocycles. The first kappa shape index (κ1) is 25.4. The van der Waals surface area contributed by atoms with Gasteiger partial charge in [0, 0.05) is 30.1 Å². The van der Waals surface area contributed by atoms with Crippen molar-refractivity contribution >= 4 is 23.4 Å². The minimum atomic E-state index is -0.799. The highest BCUT2D eigenvalue weighted by atomic mass is 35.5. The van der Waals surface area contributed by atoms with E-state index < -0.39 is 11.9 Å². The molecule has 0 bridgehead atoms. The molecule has 4 nitrogen and oxygen atoms in total. The Morgan fingerprint density at radius 3 is 2.29 bits per heavy atom. The second kappa shape index (κ2) is 12.3. The molecule has 0 aromatic heterocycles. The molecule has 1 unspecified atom stereocenters. The predicted octanol–water partition coefficient (Wildman–Crippen LogP) is 5.43. The Hall–Kier alpha value is -3.18. The number of carbonyl (C=O) groups excluding carboxylic acids is 2. The normalized spacial score (nSPS) is 11.8. The van der Waals surface area contributed by atoms with Crippen LogP contribution in [0.5, 0.6) is 0 Å². The molecule has 0 saturated carbocycles. The van der Waals surface area contributed by atoms with E-state index in [9.17, 15) is 14.0 Å². The number of amides is 2. The van der Waals surface area contributed by atoms with E-state index in [1.165, 1.54) is 11.0 Å². The molecular weight excluding hydrogens is 451 g/mol. The van der Waals surface area contributed by atoms with Crippen LogP contribution in [-0.4, -0.2) is 29.3 Å². The van der Waals surface area contributed by atoms with E-state index in [0.29, 0.717) is 23.6 Å². The van der Waals surface area contributed by atoms with Crippen molar-refractivity contribution in [2.75, 3.05) is 6.54 Å². The Morgan fingerprint density at radius 1 is 0.941 bits per heavy atom. The lowest BCUT2D eigenvalue weighted by molar-refractivity contribution is -0.140. The summed E-state index contributed by atoms with van der Waals surface area (Å²) in [5.74, 6) is -0.688. The van der Waals surface area contributed by atoms with Crippen LogP contribution in [0.15, 0.2) is 78.9 Å². The number of nitrogens with one attached hydrogen (secondary N) is 1. The number of carbonyl (C=O) groups is 2. The molecule has 0 fully saturated rings. The minimum absolute atomic E-state index is 0.0152. The molecule has 3 aromatic rings. The lowest BCUT2D eigenvalue weighted by atomic mass is 10.0. The van der Waals surface area contributed by atoms with E-state index in [1.807, 2.05) is 50.2 Å². The van der Waals surface area contributed by atoms with Crippen molar-refractivity contribution in [1.82, 2.24) is 10.2 Å². The molecular formula is C28H30ClFN2O2. The van der Waals surface area contributed by atoms with Gasteiger partial charge in [0.25, 0.3) is 0 Å². The van der Waals surface area contributed by atoms with Gasteiger partial charge in [-0.15, -0.1) is 0 Å². The van der Waals surface area contributed by atoms with E-state index in [0.717, 1.165) is 11.1 Å². The van der Waals surface area contributed by atoms with Crippen LogP contribution in [0.3, 0.4) is 0 Å². The third-order valence-electron chi connectivity index (χ3n) is 5.50. The van der Waals surface area contributed by atoms with Crippen LogP contribution in [0, 0.1) is 11.7 Å². The average Bonchev–Trinajstić information content (AvgIpc) is 2.81. The molecule has 3 aromatic carbocycles. The lowest BCUT2D eigenvalue weighted by Gasteiger charge is -2.32. The van der Waals surface area contributed by atoms with Gasteiger partial charge in [-0.25, -0.2) is 4.39 Å². The maximum atomic E-state index is 14.6. The van der Waals surface area contributed by atoms with Crippen molar-refractivity contribution in [2.24, 2.45) is 5.92 Å². The molecule has 0 spiro atoms. The smallest absolute Gasteiger partial charge is 0.243 e. The third kappa shape index (κ3) is 7.42. The van der Waals surface area contributed by atoms with Gasteiger partial charge in [-0.3, -0.25) is 9.59 Å². The van der Waals surface area contributed by atoms with Crippen LogP contribution < -0.4 is 5.32 Å². The van der Waals surface area contributed by atoms with E-state index in [1.54, 1.807) is 36.4 Å². The van der Waals surface area contributed by atoms with E-state index in [4.69, 9.17) is 11.6 Å². The van der Waals surface area contributed by atoms with Gasteiger partial charge in [-0.05, 0) is 35.2 Å². The van der Waals surface area contributed by atoms with Crippen molar-refractivity contribution in [3.63, 3.8) is 0 Å². The summed E-state index contributed by atoms with van der Waals surface area (Å²) < 4.78 is 14.6. The van der Waals surface area contributed by atoms with Crippen molar-refractivity contribution < 1.29 is 14.0 Å². The van der Waals surface area contributed by atoms with Crippen molar-refractivity contribution in [2.45, 2.75) is 39.3 Å². The van der Waals surface area contributed by atoms with E-state index >= 15 is 0 Å². The summed E-state index contributed by atoms with van der Waals surface area (Å²) in [4.78, 5) is 28.4. The summed E-state index contributed by atoms with van der Waals surface area (Å²) in [5, 5.41) is 3.49. The van der Waals surface area contributed by atoms with Gasteiger partial charge in [0.15, 0.2) is 0 Å². The van der Waals surface area contributed by atoms with E-state index in [2.05, 4.69) is 5.32 Å². The maximum Gasteiger partial charge on any atom is 0.243 e. The first-order valence-electron chi connectivity index (χ1n) is 11.4. The number of benzene rings is 3. The summed E-state index contributed by atoms with van der Waals surface area (Å²) in [7, 11) is 0. The van der Waals surface area contributed by atoms with Crippen LogP contribution in [0.2, 0.25) is 5.02 Å². The second-order valence-corrected chi connectivity index (χ2v) is 9.20. The molecule has 1 atom stereocenters. The fraction of sp³-hybridized carbons (Fsp3) is 0.286. The molecule has 3 rings (SSSR count). The molecule has 1 N–H and O–H groups in total. The van der Waals surface area contributed by atoms with Crippen molar-refractivity contribution in [3.8, 4) is 0 Å². The lowest BCUT2D eigenvalue weighted by Crippen LogP contribution is -2.51. The number of rotatable bonds is 10. The molecule has 178 valence electrons. The summed E-state index contributed by atoms with van der Waals surface area (Å²) in [6, 6.07) is 22.1. The van der Waals surface area contributed by atoms with Crippen molar-refractivity contribution in [1.29, 1.82) is 0 Å². The van der Waals surface area contributed by atoms with Gasteiger partial charge in [-0.1, -0.05) is 86.1 Å². The standard InChI is InChI=1S/C28H30ClFN2O2/c1-20(2)18-31-28(34)26(16-21-9-4-3-5-10-21)32(19-23-12-6-7-14-25(23)30)27(33)17-22-11-8-13-24(29)15-22/h3-15,20,26H,16-19H2,1-2H3,(H,31,34). The third-order valence-corrected chi connectivity index (χ3v) is 5.73. The summed E-state index contributed by atoms with van der Waals surface area (Å²) in [6.45, 7) is 4.49. The summed E-state index contributed by atoms with van der Waals surface area (Å²) in [5.41, 5.74) is 2.01. The van der Waals surface area contributed by atoms with Crippen LogP contribution in [0.25, 0.3) is 0 Å². The predicted molar refractivity (Wildman–Crippen MR) is 134 cm³/mol. The molecule has 0 heterocycles. The largest absolute Gasteiger partial charge is 0.354 e. The molecule has 6 heteroatoms. The maximum absolute atomic E-state index is 14.6. The Balaban J connectivity index is 1.97. The fourth-order valence-electron chi connectivity index (χ4n) is 3.71. The monoisotopic (exact) mass is 480 g/mol. The number of halogens is 2. The van der Waals surface area contributed by atoms with Crippen LogP contribution in [0.4, 0.5) is 4.39 Å². The molecule has 0 aliphatic rings. The van der Waals surface area contributed by atoms with Crippen molar-refractivity contribution in [3.05, 3.63) is 106 Å². The molecule has 34 heavy (non-hydrogen) atoms. The highest BCUT2D eigenvalue weighted by Gasteiger charge is 2.31. The van der Waals surface area contributed by atoms with E-state index in [-0.39, 0.29) is 30.7 Å². The van der Waals surface area contributed by atoms with Crippen LogP contribution in [-0.2, 0) is 29.0 Å². The quantitative estimate of drug-likeness (QED) is 0.420. The number of nitrogens with zero attached hydrogens (tertiary/aromatic N) is 1. The van der Waals surface area contributed by atoms with Gasteiger partial charge >= 0.3 is 0 Å². The highest BCUT2D eigenvalue weighted by Crippen LogP contribution is 2.19. The topological polar surface area (TPSA) is 49.4 Å². The summed E-state index contributed by atoms with van der Waals surface area (Å²) >= 11 is 6.11. The van der Waals surface area contributed by atoms with Gasteiger partial charge in [0.05, 0.1) is 6.42 Å². The highest BCUT2D eigenvalue weighted by molar-refractivity contribution is 6.30. The SMILES string of the molecule is CC(C)CNC(=O)C(Cc1ccccc1)N(Cc1ccccc1F)C(=O)Cc1cccc(Cl)c1. The molecule has 0 radical (unpaired) electrons. The molecule has 2 amide bonds. The first-order chi connectivity index (χ1) is 16.3. The zero-order valence-electron chi connectivity index (χ0n) is 19.5. The Morgan fingerprint density at radius 2 is 1.62 bits per heavy atom. The van der Waals surface area contributed by atoms with Crippen LogP contribution in [0.1, 0.15) is 30.5 Å². The molecule has 0 aliphatic heterocycles. The number of hydrogen-bond donors (Lipinski definition) is 1. The Kier molecular flexibility index (Phi) is 9.23. The van der Waals surface area contributed by atoms with Gasteiger partial charge in [-0.2, -0.15) is 0 Å². The number of hydrogen-bond acceptors (Lipinski definition) is 2. The second-order valence-electron chi connectivity index (χ2n) is 8.76. The fourth-order valence-corrected chi connectivity index (χ4v) is 3.92. The molecule has 0 aliphatic carbocycles. The summed E-state index contributed by atoms with van der Waals surface area (Å²) in [6.07, 6.45) is 0.373. The van der Waals surface area contributed by atoms with Crippen LogP contribution >= 0.6 is 11.6 Å². The average molecular weight is 481 g/mol. The zero-order valence-corrected chi connectivity index (χ0v) is 20.3. The minimum Gasteiger partial charge on any atom is -0.354 e. The zero-order chi connectivity index (χ0) is 24.5. The van der Waals surface area contributed by atoms with Gasteiger partial charge < -0.3 is 10.2 Å². The Labute approximate surface area is 205 Å².